The Hall–Kier alpha value is -2.09. The second kappa shape index (κ2) is 7.07. The number of nitrogens with zero attached hydrogens (tertiary/aromatic N) is 3. The molecule has 1 aliphatic heterocycles. The van der Waals surface area contributed by atoms with E-state index in [1.807, 2.05) is 0 Å². The van der Waals surface area contributed by atoms with Crippen molar-refractivity contribution < 1.29 is 14.7 Å². The van der Waals surface area contributed by atoms with Crippen molar-refractivity contribution in [2.24, 2.45) is 7.05 Å². The molecule has 1 saturated heterocycles. The van der Waals surface area contributed by atoms with Crippen molar-refractivity contribution in [2.75, 3.05) is 26.2 Å². The van der Waals surface area contributed by atoms with Crippen molar-refractivity contribution in [2.45, 2.75) is 18.9 Å². The molecule has 2 rings (SSSR count). The molecule has 2 heterocycles. The van der Waals surface area contributed by atoms with Gasteiger partial charge in [-0.15, -0.1) is 0 Å². The minimum atomic E-state index is -1.11. The van der Waals surface area contributed by atoms with E-state index in [2.05, 4.69) is 20.6 Å². The van der Waals surface area contributed by atoms with Gasteiger partial charge in [0.25, 0.3) is 0 Å². The fourth-order valence-electron chi connectivity index (χ4n) is 2.39. The number of hydrogen-bond acceptors (Lipinski definition) is 4. The fraction of sp³-hybridized carbons (Fsp3) is 0.615. The van der Waals surface area contributed by atoms with E-state index in [1.165, 1.54) is 23.7 Å². The molecular weight excluding hydrogens is 274 g/mol. The van der Waals surface area contributed by atoms with Crippen LogP contribution < -0.4 is 10.6 Å². The predicted molar refractivity (Wildman–Crippen MR) is 75.8 cm³/mol. The Morgan fingerprint density at radius 1 is 1.43 bits per heavy atom. The number of aromatic nitrogens is 2. The normalized spacial score (nSPS) is 16.6. The molecule has 21 heavy (non-hydrogen) atoms. The summed E-state index contributed by atoms with van der Waals surface area (Å²) in [5, 5.41) is 18.3. The highest BCUT2D eigenvalue weighted by molar-refractivity contribution is 5.83. The van der Waals surface area contributed by atoms with Gasteiger partial charge in [-0.2, -0.15) is 5.10 Å². The molecule has 1 aromatic heterocycles. The lowest BCUT2D eigenvalue weighted by atomic mass is 10.1. The van der Waals surface area contributed by atoms with Crippen LogP contribution in [-0.2, 0) is 11.8 Å². The average molecular weight is 295 g/mol. The summed E-state index contributed by atoms with van der Waals surface area (Å²) in [6, 6.07) is -1.57. The summed E-state index contributed by atoms with van der Waals surface area (Å²) in [6.07, 6.45) is 5.41. The molecule has 0 radical (unpaired) electrons. The molecule has 1 aliphatic rings. The third-order valence-electron chi connectivity index (χ3n) is 3.49. The molecule has 3 N–H and O–H groups in total. The topological polar surface area (TPSA) is 99.5 Å². The quantitative estimate of drug-likeness (QED) is 0.683. The number of carboxylic acids is 1. The van der Waals surface area contributed by atoms with Crippen molar-refractivity contribution in [1.29, 1.82) is 0 Å². The molecule has 116 valence electrons. The first kappa shape index (κ1) is 15.3. The van der Waals surface area contributed by atoms with Gasteiger partial charge in [0.2, 0.25) is 0 Å². The van der Waals surface area contributed by atoms with E-state index < -0.39 is 18.0 Å². The van der Waals surface area contributed by atoms with E-state index in [-0.39, 0.29) is 0 Å². The van der Waals surface area contributed by atoms with Crippen molar-refractivity contribution in [1.82, 2.24) is 25.3 Å². The standard InChI is InChI=1S/C13H21N5O3/c1-17-9-10(8-15-17)11(12(19)20)16-13(21)14-4-7-18-5-2-3-6-18/h8-9,11H,2-7H2,1H3,(H,19,20)(H2,14,16,21). The maximum Gasteiger partial charge on any atom is 0.331 e. The lowest BCUT2D eigenvalue weighted by Crippen LogP contribution is -2.43. The molecule has 1 aromatic rings. The van der Waals surface area contributed by atoms with E-state index in [1.54, 1.807) is 13.2 Å². The zero-order valence-electron chi connectivity index (χ0n) is 12.1. The summed E-state index contributed by atoms with van der Waals surface area (Å²) in [6.45, 7) is 3.43. The first-order valence-corrected chi connectivity index (χ1v) is 7.04. The molecule has 1 atom stereocenters. The van der Waals surface area contributed by atoms with Crippen LogP contribution in [0.5, 0.6) is 0 Å². The largest absolute Gasteiger partial charge is 0.479 e. The molecule has 0 aromatic carbocycles. The number of urea groups is 1. The van der Waals surface area contributed by atoms with E-state index >= 15 is 0 Å². The zero-order valence-corrected chi connectivity index (χ0v) is 12.1. The van der Waals surface area contributed by atoms with Crippen LogP contribution in [0, 0.1) is 0 Å². The number of likely N-dealkylation sites (tertiary alicyclic amines) is 1. The van der Waals surface area contributed by atoms with Crippen molar-refractivity contribution in [3.8, 4) is 0 Å². The molecule has 1 unspecified atom stereocenters. The molecule has 8 nitrogen and oxygen atoms in total. The summed E-state index contributed by atoms with van der Waals surface area (Å²) < 4.78 is 1.50. The number of aliphatic carboxylic acids is 1. The molecule has 0 aliphatic carbocycles. The first-order chi connectivity index (χ1) is 10.1. The van der Waals surface area contributed by atoms with Crippen LogP contribution in [0.4, 0.5) is 4.79 Å². The lowest BCUT2D eigenvalue weighted by molar-refractivity contribution is -0.139. The van der Waals surface area contributed by atoms with E-state index in [9.17, 15) is 14.7 Å². The Bertz CT molecular complexity index is 496. The maximum absolute atomic E-state index is 11.8. The molecule has 2 amide bonds. The number of nitrogens with one attached hydrogen (secondary N) is 2. The highest BCUT2D eigenvalue weighted by Crippen LogP contribution is 2.11. The zero-order chi connectivity index (χ0) is 15.2. The Kier molecular flexibility index (Phi) is 5.15. The number of aryl methyl sites for hydroxylation is 1. The second-order valence-electron chi connectivity index (χ2n) is 5.17. The number of rotatable bonds is 6. The third-order valence-corrected chi connectivity index (χ3v) is 3.49. The smallest absolute Gasteiger partial charge is 0.331 e. The monoisotopic (exact) mass is 295 g/mol. The van der Waals surface area contributed by atoms with Crippen LogP contribution in [-0.4, -0.2) is 58.0 Å². The highest BCUT2D eigenvalue weighted by atomic mass is 16.4. The minimum Gasteiger partial charge on any atom is -0.479 e. The molecule has 1 fully saturated rings. The van der Waals surface area contributed by atoms with Crippen LogP contribution in [0.2, 0.25) is 0 Å². The average Bonchev–Trinajstić information content (AvgIpc) is 3.07. The molecule has 0 spiro atoms. The van der Waals surface area contributed by atoms with Gasteiger partial charge in [0, 0.05) is 31.9 Å². The Labute approximate surface area is 123 Å². The third kappa shape index (κ3) is 4.45. The number of hydrogen-bond donors (Lipinski definition) is 3. The van der Waals surface area contributed by atoms with E-state index in [4.69, 9.17) is 0 Å². The van der Waals surface area contributed by atoms with Gasteiger partial charge in [0.1, 0.15) is 0 Å². The van der Waals surface area contributed by atoms with Crippen LogP contribution in [0.15, 0.2) is 12.4 Å². The summed E-state index contributed by atoms with van der Waals surface area (Å²) in [7, 11) is 1.69. The molecule has 0 saturated carbocycles. The van der Waals surface area contributed by atoms with Gasteiger partial charge in [-0.3, -0.25) is 4.68 Å². The second-order valence-corrected chi connectivity index (χ2v) is 5.17. The maximum atomic E-state index is 11.8. The van der Waals surface area contributed by atoms with Gasteiger partial charge in [-0.05, 0) is 25.9 Å². The van der Waals surface area contributed by atoms with Gasteiger partial charge < -0.3 is 20.6 Å². The summed E-state index contributed by atoms with van der Waals surface area (Å²) in [5.74, 6) is -1.11. The van der Waals surface area contributed by atoms with Gasteiger partial charge in [0.15, 0.2) is 6.04 Å². The van der Waals surface area contributed by atoms with Crippen LogP contribution >= 0.6 is 0 Å². The van der Waals surface area contributed by atoms with E-state index in [0.717, 1.165) is 19.6 Å². The molecular formula is C13H21N5O3. The van der Waals surface area contributed by atoms with Crippen LogP contribution in [0.3, 0.4) is 0 Å². The summed E-state index contributed by atoms with van der Waals surface area (Å²) >= 11 is 0. The van der Waals surface area contributed by atoms with Crippen LogP contribution in [0.1, 0.15) is 24.4 Å². The number of amides is 2. The SMILES string of the molecule is Cn1cc(C(NC(=O)NCCN2CCCC2)C(=O)O)cn1. The molecule has 8 heteroatoms. The van der Waals surface area contributed by atoms with E-state index in [0.29, 0.717) is 12.1 Å². The van der Waals surface area contributed by atoms with Gasteiger partial charge in [-0.1, -0.05) is 0 Å². The first-order valence-electron chi connectivity index (χ1n) is 7.04. The highest BCUT2D eigenvalue weighted by Gasteiger charge is 2.23. The number of carbonyl (C=O) groups excluding carboxylic acids is 1. The minimum absolute atomic E-state index is 0.444. The Morgan fingerprint density at radius 2 is 2.14 bits per heavy atom. The Morgan fingerprint density at radius 3 is 2.71 bits per heavy atom. The number of carbonyl (C=O) groups is 2. The van der Waals surface area contributed by atoms with Crippen molar-refractivity contribution in [3.63, 3.8) is 0 Å². The van der Waals surface area contributed by atoms with Crippen LogP contribution in [0.25, 0.3) is 0 Å². The predicted octanol–water partition coefficient (Wildman–Crippen LogP) is -0.0592. The Balaban J connectivity index is 1.79. The summed E-state index contributed by atoms with van der Waals surface area (Å²) in [5.41, 5.74) is 0.444. The van der Waals surface area contributed by atoms with Crippen molar-refractivity contribution >= 4 is 12.0 Å². The van der Waals surface area contributed by atoms with Gasteiger partial charge >= 0.3 is 12.0 Å². The van der Waals surface area contributed by atoms with Crippen molar-refractivity contribution in [3.05, 3.63) is 18.0 Å². The summed E-state index contributed by atoms with van der Waals surface area (Å²) in [4.78, 5) is 25.3. The van der Waals surface area contributed by atoms with Gasteiger partial charge in [0.05, 0.1) is 6.20 Å². The fourth-order valence-corrected chi connectivity index (χ4v) is 2.39. The number of carboxylic acid groups (broad SMARTS) is 1. The lowest BCUT2D eigenvalue weighted by Gasteiger charge is -2.17. The van der Waals surface area contributed by atoms with Gasteiger partial charge in [-0.25, -0.2) is 9.59 Å². The molecule has 0 bridgehead atoms.